The van der Waals surface area contributed by atoms with Gasteiger partial charge < -0.3 is 4.90 Å². The van der Waals surface area contributed by atoms with E-state index in [1.807, 2.05) is 12.3 Å². The first-order chi connectivity index (χ1) is 12.3. The summed E-state index contributed by atoms with van der Waals surface area (Å²) in [6.45, 7) is 3.47. The van der Waals surface area contributed by atoms with E-state index in [1.54, 1.807) is 12.1 Å². The fourth-order valence-corrected chi connectivity index (χ4v) is 4.34. The number of allylic oxidation sites excluding steroid dienone is 2. The maximum absolute atomic E-state index is 13.6. The Bertz CT molecular complexity index is 736. The summed E-state index contributed by atoms with van der Waals surface area (Å²) in [7, 11) is 0. The molecule has 0 radical (unpaired) electrons. The van der Waals surface area contributed by atoms with Gasteiger partial charge in [-0.2, -0.15) is 5.10 Å². The van der Waals surface area contributed by atoms with Crippen molar-refractivity contribution in [1.29, 1.82) is 0 Å². The van der Waals surface area contributed by atoms with Crippen molar-refractivity contribution in [2.24, 2.45) is 5.92 Å². The number of hydrogen-bond acceptors (Lipinski definition) is 2. The van der Waals surface area contributed by atoms with E-state index >= 15 is 0 Å². The SMILES string of the molecule is Fc1cccc(-c2cn[nH]c2[C@H]2CCCN(C[C@H]3CC=CCC3)C2)c1. The van der Waals surface area contributed by atoms with Crippen LogP contribution in [0.1, 0.15) is 43.7 Å². The second-order valence-corrected chi connectivity index (χ2v) is 7.46. The minimum absolute atomic E-state index is 0.194. The molecule has 1 aromatic heterocycles. The number of aromatic nitrogens is 2. The van der Waals surface area contributed by atoms with Crippen molar-refractivity contribution in [3.63, 3.8) is 0 Å². The molecule has 3 nitrogen and oxygen atoms in total. The molecule has 1 N–H and O–H groups in total. The van der Waals surface area contributed by atoms with Crippen LogP contribution in [-0.2, 0) is 0 Å². The molecule has 4 rings (SSSR count). The second kappa shape index (κ2) is 7.52. The largest absolute Gasteiger partial charge is 0.302 e. The molecule has 132 valence electrons. The minimum Gasteiger partial charge on any atom is -0.302 e. The molecule has 25 heavy (non-hydrogen) atoms. The monoisotopic (exact) mass is 339 g/mol. The third-order valence-electron chi connectivity index (χ3n) is 5.61. The molecule has 4 heteroatoms. The summed E-state index contributed by atoms with van der Waals surface area (Å²) in [5.41, 5.74) is 3.13. The molecule has 2 aromatic rings. The lowest BCUT2D eigenvalue weighted by Crippen LogP contribution is -2.38. The lowest BCUT2D eigenvalue weighted by atomic mass is 9.88. The van der Waals surface area contributed by atoms with E-state index in [-0.39, 0.29) is 5.82 Å². The molecular formula is C21H26FN3. The third-order valence-corrected chi connectivity index (χ3v) is 5.61. The molecule has 1 aromatic carbocycles. The zero-order valence-electron chi connectivity index (χ0n) is 14.6. The highest BCUT2D eigenvalue weighted by atomic mass is 19.1. The lowest BCUT2D eigenvalue weighted by Gasteiger charge is -2.35. The van der Waals surface area contributed by atoms with Crippen molar-refractivity contribution < 1.29 is 4.39 Å². The molecule has 0 saturated carbocycles. The van der Waals surface area contributed by atoms with Gasteiger partial charge in [-0.1, -0.05) is 24.3 Å². The number of nitrogens with one attached hydrogen (secondary N) is 1. The number of hydrogen-bond donors (Lipinski definition) is 1. The van der Waals surface area contributed by atoms with Gasteiger partial charge in [-0.15, -0.1) is 0 Å². The Morgan fingerprint density at radius 1 is 1.24 bits per heavy atom. The summed E-state index contributed by atoms with van der Waals surface area (Å²) in [5, 5.41) is 7.48. The standard InChI is InChI=1S/C21H26FN3/c22-19-10-4-8-17(12-19)20-13-23-24-21(20)18-9-5-11-25(15-18)14-16-6-2-1-3-7-16/h1-2,4,8,10,12-13,16,18H,3,5-7,9,11,14-15H2,(H,23,24)/t16-,18-/m0/s1. The first-order valence-electron chi connectivity index (χ1n) is 9.46. The number of nitrogens with zero attached hydrogens (tertiary/aromatic N) is 2. The fraction of sp³-hybridized carbons (Fsp3) is 0.476. The Hall–Kier alpha value is -1.94. The molecule has 1 fully saturated rings. The first-order valence-corrected chi connectivity index (χ1v) is 9.46. The highest BCUT2D eigenvalue weighted by Crippen LogP contribution is 2.34. The van der Waals surface area contributed by atoms with Gasteiger partial charge in [0.15, 0.2) is 0 Å². The molecular weight excluding hydrogens is 313 g/mol. The van der Waals surface area contributed by atoms with Crippen LogP contribution < -0.4 is 0 Å². The minimum atomic E-state index is -0.194. The molecule has 1 aliphatic heterocycles. The van der Waals surface area contributed by atoms with E-state index in [0.717, 1.165) is 23.6 Å². The highest BCUT2D eigenvalue weighted by molar-refractivity contribution is 5.65. The predicted octanol–water partition coefficient (Wildman–Crippen LogP) is 4.75. The Morgan fingerprint density at radius 2 is 2.20 bits per heavy atom. The quantitative estimate of drug-likeness (QED) is 0.815. The predicted molar refractivity (Wildman–Crippen MR) is 98.9 cm³/mol. The van der Waals surface area contributed by atoms with E-state index in [1.165, 1.54) is 57.0 Å². The molecule has 1 saturated heterocycles. The van der Waals surface area contributed by atoms with E-state index < -0.39 is 0 Å². The van der Waals surface area contributed by atoms with Gasteiger partial charge in [-0.3, -0.25) is 5.10 Å². The topological polar surface area (TPSA) is 31.9 Å². The molecule has 0 bridgehead atoms. The smallest absolute Gasteiger partial charge is 0.123 e. The van der Waals surface area contributed by atoms with Gasteiger partial charge in [0.25, 0.3) is 0 Å². The van der Waals surface area contributed by atoms with Gasteiger partial charge in [0.1, 0.15) is 5.82 Å². The van der Waals surface area contributed by atoms with Crippen LogP contribution in [0.4, 0.5) is 4.39 Å². The van der Waals surface area contributed by atoms with Crippen LogP contribution >= 0.6 is 0 Å². The average molecular weight is 339 g/mol. The van der Waals surface area contributed by atoms with Gasteiger partial charge in [0.05, 0.1) is 6.20 Å². The summed E-state index contributed by atoms with van der Waals surface area (Å²) < 4.78 is 13.6. The average Bonchev–Trinajstić information content (AvgIpc) is 3.13. The Balaban J connectivity index is 1.48. The molecule has 2 atom stereocenters. The van der Waals surface area contributed by atoms with Crippen LogP contribution in [0.2, 0.25) is 0 Å². The van der Waals surface area contributed by atoms with Crippen LogP contribution in [0.25, 0.3) is 11.1 Å². The normalized spacial score (nSPS) is 24.5. The maximum atomic E-state index is 13.6. The Morgan fingerprint density at radius 3 is 3.04 bits per heavy atom. The number of rotatable bonds is 4. The van der Waals surface area contributed by atoms with Gasteiger partial charge in [0.2, 0.25) is 0 Å². The van der Waals surface area contributed by atoms with Gasteiger partial charge >= 0.3 is 0 Å². The van der Waals surface area contributed by atoms with Crippen molar-refractivity contribution in [2.45, 2.75) is 38.0 Å². The van der Waals surface area contributed by atoms with E-state index in [2.05, 4.69) is 27.2 Å². The van der Waals surface area contributed by atoms with Crippen molar-refractivity contribution in [2.75, 3.05) is 19.6 Å². The first kappa shape index (κ1) is 16.5. The van der Waals surface area contributed by atoms with E-state index in [9.17, 15) is 4.39 Å². The molecule has 2 heterocycles. The molecule has 0 amide bonds. The Kier molecular flexibility index (Phi) is 4.97. The number of H-pyrrole nitrogens is 1. The van der Waals surface area contributed by atoms with Crippen molar-refractivity contribution in [3.8, 4) is 11.1 Å². The third kappa shape index (κ3) is 3.84. The second-order valence-electron chi connectivity index (χ2n) is 7.46. The van der Waals surface area contributed by atoms with Gasteiger partial charge in [0, 0.05) is 30.3 Å². The number of piperidine rings is 1. The van der Waals surface area contributed by atoms with Crippen LogP contribution in [-0.4, -0.2) is 34.7 Å². The zero-order chi connectivity index (χ0) is 17.1. The van der Waals surface area contributed by atoms with Crippen LogP contribution in [0.3, 0.4) is 0 Å². The van der Waals surface area contributed by atoms with E-state index in [4.69, 9.17) is 0 Å². The fourth-order valence-electron chi connectivity index (χ4n) is 4.34. The molecule has 1 aliphatic carbocycles. The Labute approximate surface area is 148 Å². The number of likely N-dealkylation sites (tertiary alicyclic amines) is 1. The molecule has 2 aliphatic rings. The van der Waals surface area contributed by atoms with Gasteiger partial charge in [-0.05, 0) is 62.3 Å². The summed E-state index contributed by atoms with van der Waals surface area (Å²) >= 11 is 0. The summed E-state index contributed by atoms with van der Waals surface area (Å²) in [6.07, 6.45) is 12.6. The lowest BCUT2D eigenvalue weighted by molar-refractivity contribution is 0.173. The number of halogens is 1. The summed E-state index contributed by atoms with van der Waals surface area (Å²) in [5.74, 6) is 1.06. The zero-order valence-corrected chi connectivity index (χ0v) is 14.6. The van der Waals surface area contributed by atoms with Crippen molar-refractivity contribution in [3.05, 3.63) is 54.1 Å². The summed E-state index contributed by atoms with van der Waals surface area (Å²) in [4.78, 5) is 2.62. The van der Waals surface area contributed by atoms with Crippen molar-refractivity contribution in [1.82, 2.24) is 15.1 Å². The van der Waals surface area contributed by atoms with Crippen LogP contribution in [0.5, 0.6) is 0 Å². The molecule has 0 spiro atoms. The van der Waals surface area contributed by atoms with Crippen LogP contribution in [0.15, 0.2) is 42.6 Å². The highest BCUT2D eigenvalue weighted by Gasteiger charge is 2.26. The maximum Gasteiger partial charge on any atom is 0.123 e. The molecule has 0 unspecified atom stereocenters. The van der Waals surface area contributed by atoms with Crippen LogP contribution in [0, 0.1) is 11.7 Å². The number of aromatic amines is 1. The number of benzene rings is 1. The van der Waals surface area contributed by atoms with Gasteiger partial charge in [-0.25, -0.2) is 4.39 Å². The van der Waals surface area contributed by atoms with Crippen molar-refractivity contribution >= 4 is 0 Å². The summed E-state index contributed by atoms with van der Waals surface area (Å²) in [6, 6.07) is 6.82. The van der Waals surface area contributed by atoms with E-state index in [0.29, 0.717) is 5.92 Å².